The van der Waals surface area contributed by atoms with Gasteiger partial charge in [0.05, 0.1) is 10.8 Å². The number of nitrogens with zero attached hydrogens (tertiary/aromatic N) is 4. The second-order valence-corrected chi connectivity index (χ2v) is 9.39. The summed E-state index contributed by atoms with van der Waals surface area (Å²) in [4.78, 5) is 15.9. The van der Waals surface area contributed by atoms with Gasteiger partial charge in [-0.2, -0.15) is 5.26 Å². The number of carbonyl (C=O) groups is 1. The topological polar surface area (TPSA) is 109 Å². The molecule has 0 saturated carbocycles. The van der Waals surface area contributed by atoms with Crippen molar-refractivity contribution in [2.45, 2.75) is 31.0 Å². The first-order chi connectivity index (χ1) is 15.0. The smallest absolute Gasteiger partial charge is 0.290 e. The van der Waals surface area contributed by atoms with Crippen LogP contribution in [-0.4, -0.2) is 28.4 Å². The first kappa shape index (κ1) is 21.4. The van der Waals surface area contributed by atoms with Crippen LogP contribution < -0.4 is 15.1 Å². The molecule has 0 bridgehead atoms. The molecule has 160 valence electrons. The molecule has 1 aliphatic heterocycles. The summed E-state index contributed by atoms with van der Waals surface area (Å²) in [6.07, 6.45) is 1.01. The number of thiophene rings is 1. The zero-order chi connectivity index (χ0) is 21.8. The van der Waals surface area contributed by atoms with Crippen molar-refractivity contribution in [2.24, 2.45) is 7.05 Å². The maximum atomic E-state index is 12.4. The van der Waals surface area contributed by atoms with E-state index in [0.29, 0.717) is 21.3 Å². The number of carbonyl (C=O) groups excluding carboxylic acids is 1. The van der Waals surface area contributed by atoms with Gasteiger partial charge in [-0.1, -0.05) is 46.8 Å². The third-order valence-electron chi connectivity index (χ3n) is 5.03. The van der Waals surface area contributed by atoms with E-state index in [1.165, 1.54) is 33.3 Å². The van der Waals surface area contributed by atoms with Crippen molar-refractivity contribution in [1.29, 1.82) is 5.26 Å². The number of nitrogens with one attached hydrogen (secondary N) is 1. The van der Waals surface area contributed by atoms with E-state index in [2.05, 4.69) is 38.2 Å². The summed E-state index contributed by atoms with van der Waals surface area (Å²) in [5.41, 5.74) is 2.89. The van der Waals surface area contributed by atoms with E-state index >= 15 is 0 Å². The predicted molar refractivity (Wildman–Crippen MR) is 114 cm³/mol. The van der Waals surface area contributed by atoms with Crippen molar-refractivity contribution in [3.8, 4) is 12.0 Å². The number of thioether (sulfide) groups is 1. The summed E-state index contributed by atoms with van der Waals surface area (Å²) >= 11 is 2.71. The fourth-order valence-corrected chi connectivity index (χ4v) is 5.64. The summed E-state index contributed by atoms with van der Waals surface area (Å²) in [5.74, 6) is -0.283. The first-order valence-electron chi connectivity index (χ1n) is 9.81. The second kappa shape index (κ2) is 9.51. The number of rotatable bonds is 7. The van der Waals surface area contributed by atoms with Crippen LogP contribution in [0.2, 0.25) is 0 Å². The molecule has 3 aromatic rings. The Morgan fingerprint density at radius 3 is 2.97 bits per heavy atom. The molecule has 4 rings (SSSR count). The molecular formula is C21H21N5O3S2. The Labute approximate surface area is 188 Å². The maximum Gasteiger partial charge on any atom is 0.290 e. The summed E-state index contributed by atoms with van der Waals surface area (Å²) in [6.45, 7) is 2.51. The number of hydrogen-bond acceptors (Lipinski definition) is 8. The molecular weight excluding hydrogens is 434 g/mol. The van der Waals surface area contributed by atoms with Gasteiger partial charge in [0.2, 0.25) is 5.91 Å². The van der Waals surface area contributed by atoms with Gasteiger partial charge in [-0.25, -0.2) is 0 Å². The van der Waals surface area contributed by atoms with Gasteiger partial charge in [0.15, 0.2) is 13.0 Å². The lowest BCUT2D eigenvalue weighted by Crippen LogP contribution is -2.32. The highest BCUT2D eigenvalue weighted by Crippen LogP contribution is 2.37. The van der Waals surface area contributed by atoms with E-state index in [1.807, 2.05) is 18.2 Å². The Kier molecular flexibility index (Phi) is 6.56. The van der Waals surface area contributed by atoms with Gasteiger partial charge >= 0.3 is 0 Å². The number of hydrogen-bond donors (Lipinski definition) is 1. The standard InChI is InChI=1S/C21H21N5O3S2/c1-25-20(21(28)29-24-25)30-10-8-18(27)23-19-16(11-22)15-7-9-26(13-17(15)31-19)12-14-5-3-2-4-6-14/h2-6H,7-10,12-13H2,1H3,(H-,23,24,27,28). The molecule has 0 fully saturated rings. The van der Waals surface area contributed by atoms with Gasteiger partial charge in [-0.3, -0.25) is 9.69 Å². The summed E-state index contributed by atoms with van der Waals surface area (Å²) in [6, 6.07) is 12.6. The maximum absolute atomic E-state index is 12.4. The normalized spacial score (nSPS) is 13.5. The third kappa shape index (κ3) is 4.90. The zero-order valence-electron chi connectivity index (χ0n) is 17.0. The minimum Gasteiger partial charge on any atom is -0.538 e. The first-order valence-corrected chi connectivity index (χ1v) is 11.6. The monoisotopic (exact) mass is 455 g/mol. The van der Waals surface area contributed by atoms with Crippen LogP contribution in [0.1, 0.15) is 28.0 Å². The van der Waals surface area contributed by atoms with Gasteiger partial charge < -0.3 is 14.9 Å². The molecule has 0 spiro atoms. The largest absolute Gasteiger partial charge is 0.538 e. The summed E-state index contributed by atoms with van der Waals surface area (Å²) in [7, 11) is 1.61. The van der Waals surface area contributed by atoms with Gasteiger partial charge in [0.1, 0.15) is 11.1 Å². The molecule has 1 aromatic carbocycles. The van der Waals surface area contributed by atoms with Crippen LogP contribution in [0.4, 0.5) is 5.00 Å². The van der Waals surface area contributed by atoms with Crippen molar-refractivity contribution in [3.63, 3.8) is 0 Å². The SMILES string of the molecule is C[n+]1noc([O-])c1SCCC(=O)Nc1sc2c(c1C#N)CCN(Cc1ccccc1)C2. The predicted octanol–water partition coefficient (Wildman–Crippen LogP) is 2.19. The Balaban J connectivity index is 1.37. The quantitative estimate of drug-likeness (QED) is 0.430. The number of aromatic nitrogens is 2. The highest BCUT2D eigenvalue weighted by atomic mass is 32.2. The number of nitriles is 1. The zero-order valence-corrected chi connectivity index (χ0v) is 18.6. The minimum absolute atomic E-state index is 0.185. The van der Waals surface area contributed by atoms with Crippen LogP contribution in [0.25, 0.3) is 0 Å². The molecule has 1 amide bonds. The van der Waals surface area contributed by atoms with Crippen LogP contribution in [0, 0.1) is 11.3 Å². The van der Waals surface area contributed by atoms with Gasteiger partial charge in [-0.05, 0) is 17.5 Å². The van der Waals surface area contributed by atoms with Gasteiger partial charge in [0.25, 0.3) is 5.03 Å². The van der Waals surface area contributed by atoms with Gasteiger partial charge in [0, 0.05) is 36.7 Å². The molecule has 0 aliphatic carbocycles. The highest BCUT2D eigenvalue weighted by Gasteiger charge is 2.25. The van der Waals surface area contributed by atoms with Crippen molar-refractivity contribution < 1.29 is 19.1 Å². The Hall–Kier alpha value is -2.87. The molecule has 0 unspecified atom stereocenters. The van der Waals surface area contributed by atoms with Crippen molar-refractivity contribution in [2.75, 3.05) is 17.6 Å². The van der Waals surface area contributed by atoms with Crippen molar-refractivity contribution in [1.82, 2.24) is 10.2 Å². The highest BCUT2D eigenvalue weighted by molar-refractivity contribution is 7.99. The molecule has 31 heavy (non-hydrogen) atoms. The van der Waals surface area contributed by atoms with Crippen molar-refractivity contribution in [3.05, 3.63) is 51.9 Å². The molecule has 10 heteroatoms. The van der Waals surface area contributed by atoms with E-state index in [0.717, 1.165) is 36.5 Å². The average Bonchev–Trinajstić information content (AvgIpc) is 3.27. The average molecular weight is 456 g/mol. The van der Waals surface area contributed by atoms with Crippen LogP contribution >= 0.6 is 23.1 Å². The number of benzene rings is 1. The second-order valence-electron chi connectivity index (χ2n) is 7.20. The number of aryl methyl sites for hydroxylation is 1. The molecule has 8 nitrogen and oxygen atoms in total. The van der Waals surface area contributed by atoms with Crippen LogP contribution in [0.3, 0.4) is 0 Å². The fraction of sp³-hybridized carbons (Fsp3) is 0.333. The minimum atomic E-state index is -0.509. The third-order valence-corrected chi connectivity index (χ3v) is 7.28. The number of amides is 1. The number of anilines is 1. The van der Waals surface area contributed by atoms with E-state index in [9.17, 15) is 15.2 Å². The summed E-state index contributed by atoms with van der Waals surface area (Å²) < 4.78 is 5.92. The fourth-order valence-electron chi connectivity index (χ4n) is 3.53. The summed E-state index contributed by atoms with van der Waals surface area (Å²) in [5, 5.41) is 28.6. The van der Waals surface area contributed by atoms with E-state index in [1.54, 1.807) is 7.05 Å². The van der Waals surface area contributed by atoms with E-state index in [-0.39, 0.29) is 12.3 Å². The number of fused-ring (bicyclic) bond motifs is 1. The van der Waals surface area contributed by atoms with Gasteiger partial charge in [-0.15, -0.1) is 11.3 Å². The lowest BCUT2D eigenvalue weighted by atomic mass is 10.0. The molecule has 1 aliphatic rings. The van der Waals surface area contributed by atoms with E-state index in [4.69, 9.17) is 0 Å². The van der Waals surface area contributed by atoms with Crippen LogP contribution in [0.5, 0.6) is 5.95 Å². The van der Waals surface area contributed by atoms with Crippen LogP contribution in [-0.2, 0) is 31.4 Å². The van der Waals surface area contributed by atoms with E-state index < -0.39 is 5.95 Å². The molecule has 2 aromatic heterocycles. The molecule has 0 radical (unpaired) electrons. The van der Waals surface area contributed by atoms with Crippen molar-refractivity contribution >= 4 is 34.0 Å². The lowest BCUT2D eigenvalue weighted by Gasteiger charge is -2.26. The Morgan fingerprint density at radius 1 is 1.45 bits per heavy atom. The van der Waals surface area contributed by atoms with Crippen LogP contribution in [0.15, 0.2) is 39.9 Å². The molecule has 0 saturated heterocycles. The molecule has 1 N–H and O–H groups in total. The molecule has 0 atom stereocenters. The molecule has 3 heterocycles. The Morgan fingerprint density at radius 2 is 2.26 bits per heavy atom. The Bertz CT molecular complexity index is 1100. The lowest BCUT2D eigenvalue weighted by molar-refractivity contribution is -0.772.